The molecule has 2 heterocycles. The molecule has 2 aliphatic rings. The number of hydrogen-bond donors (Lipinski definition) is 0. The molecule has 8 nitrogen and oxygen atoms in total. The Morgan fingerprint density at radius 1 is 1.10 bits per heavy atom. The molecule has 1 saturated carbocycles. The Bertz CT molecular complexity index is 1150. The zero-order chi connectivity index (χ0) is 29.6. The molecule has 1 aliphatic heterocycles. The summed E-state index contributed by atoms with van der Waals surface area (Å²) in [6.07, 6.45) is 5.55. The van der Waals surface area contributed by atoms with Gasteiger partial charge in [0, 0.05) is 24.9 Å². The molecule has 1 aromatic heterocycles. The summed E-state index contributed by atoms with van der Waals surface area (Å²) in [4.78, 5) is 57.1. The molecule has 1 aromatic rings. The average molecular weight is 573 g/mol. The van der Waals surface area contributed by atoms with Gasteiger partial charge in [-0.15, -0.1) is 11.3 Å². The Kier molecular flexibility index (Phi) is 10.8. The fraction of sp³-hybridized carbons (Fsp3) is 0.677. The van der Waals surface area contributed by atoms with Crippen LogP contribution in [0, 0.1) is 35.0 Å². The summed E-state index contributed by atoms with van der Waals surface area (Å²) in [5.41, 5.74) is 0.0742. The largest absolute Gasteiger partial charge is 0.428 e. The van der Waals surface area contributed by atoms with Crippen LogP contribution in [0.5, 0.6) is 0 Å². The van der Waals surface area contributed by atoms with Gasteiger partial charge in [0.2, 0.25) is 18.6 Å². The monoisotopic (exact) mass is 572 g/mol. The highest BCUT2D eigenvalue weighted by molar-refractivity contribution is 7.15. The molecule has 40 heavy (non-hydrogen) atoms. The predicted molar refractivity (Wildman–Crippen MR) is 156 cm³/mol. The number of nitrogens with zero attached hydrogens (tertiary/aromatic N) is 2. The van der Waals surface area contributed by atoms with E-state index in [1.165, 1.54) is 0 Å². The topological polar surface area (TPSA) is 93.2 Å². The SMILES string of the molecule is CC(C)C(=O)OCOC(=O)c1sc(C#CC(C)(C)C)cc1N(C(=O)[C@H]1CC[C@H](C)CC1)[C@H]1CCCCN(C)C1=O. The smallest absolute Gasteiger partial charge is 0.353 e. The number of carbonyl (C=O) groups is 4. The van der Waals surface area contributed by atoms with Gasteiger partial charge in [-0.2, -0.15) is 0 Å². The lowest BCUT2D eigenvalue weighted by atomic mass is 9.82. The maximum Gasteiger partial charge on any atom is 0.353 e. The summed E-state index contributed by atoms with van der Waals surface area (Å²) in [7, 11) is 1.76. The fourth-order valence-electron chi connectivity index (χ4n) is 4.95. The number of rotatable bonds is 7. The van der Waals surface area contributed by atoms with Crippen LogP contribution in [0.15, 0.2) is 6.07 Å². The molecule has 1 saturated heterocycles. The highest BCUT2D eigenvalue weighted by Crippen LogP contribution is 2.38. The van der Waals surface area contributed by atoms with Crippen LogP contribution >= 0.6 is 11.3 Å². The van der Waals surface area contributed by atoms with E-state index >= 15 is 0 Å². The molecule has 2 fully saturated rings. The molecule has 0 radical (unpaired) electrons. The predicted octanol–water partition coefficient (Wildman–Crippen LogP) is 5.63. The minimum atomic E-state index is -0.720. The van der Waals surface area contributed by atoms with E-state index in [1.807, 2.05) is 20.8 Å². The Hall–Kier alpha value is -2.86. The van der Waals surface area contributed by atoms with Gasteiger partial charge >= 0.3 is 11.9 Å². The molecule has 1 aliphatic carbocycles. The van der Waals surface area contributed by atoms with Crippen molar-refractivity contribution in [3.05, 3.63) is 15.8 Å². The van der Waals surface area contributed by atoms with E-state index in [2.05, 4.69) is 18.8 Å². The van der Waals surface area contributed by atoms with E-state index in [0.717, 1.165) is 49.9 Å². The van der Waals surface area contributed by atoms with E-state index in [1.54, 1.807) is 36.8 Å². The first-order chi connectivity index (χ1) is 18.8. The van der Waals surface area contributed by atoms with Gasteiger partial charge in [0.05, 0.1) is 16.5 Å². The molecular weight excluding hydrogens is 528 g/mol. The summed E-state index contributed by atoms with van der Waals surface area (Å²) in [5.74, 6) is 4.85. The second kappa shape index (κ2) is 13.7. The van der Waals surface area contributed by atoms with Crippen LogP contribution in [0.3, 0.4) is 0 Å². The zero-order valence-electron chi connectivity index (χ0n) is 25.0. The van der Waals surface area contributed by atoms with Gasteiger partial charge in [-0.25, -0.2) is 4.79 Å². The first-order valence-corrected chi connectivity index (χ1v) is 15.2. The van der Waals surface area contributed by atoms with Crippen LogP contribution in [0.25, 0.3) is 0 Å². The van der Waals surface area contributed by atoms with E-state index < -0.39 is 24.8 Å². The number of ether oxygens (including phenoxy) is 2. The highest BCUT2D eigenvalue weighted by Gasteiger charge is 2.40. The van der Waals surface area contributed by atoms with Gasteiger partial charge in [-0.3, -0.25) is 19.3 Å². The molecule has 0 spiro atoms. The molecular formula is C31H44N2O6S. The van der Waals surface area contributed by atoms with Gasteiger partial charge < -0.3 is 14.4 Å². The van der Waals surface area contributed by atoms with Crippen molar-refractivity contribution in [2.75, 3.05) is 25.3 Å². The molecule has 1 atom stereocenters. The van der Waals surface area contributed by atoms with E-state index in [4.69, 9.17) is 9.47 Å². The maximum atomic E-state index is 14.3. The standard InChI is InChI=1S/C31H44N2O6S/c1-20(2)29(36)38-19-39-30(37)26-25(18-23(40-26)15-16-31(4,5)6)33(24-10-8-9-17-32(7)28(24)35)27(34)22-13-11-21(3)12-14-22/h18,20-22,24H,8-14,17,19H2,1-7H3/t21-,22-,24-/m0/s1. The van der Waals surface area contributed by atoms with Crippen LogP contribution in [0.2, 0.25) is 0 Å². The van der Waals surface area contributed by atoms with Gasteiger partial charge in [0.15, 0.2) is 0 Å². The van der Waals surface area contributed by atoms with Crippen LogP contribution in [0.1, 0.15) is 101 Å². The molecule has 0 N–H and O–H groups in total. The lowest BCUT2D eigenvalue weighted by Gasteiger charge is -2.36. The summed E-state index contributed by atoms with van der Waals surface area (Å²) in [6, 6.07) is 1.02. The number of amides is 2. The summed E-state index contributed by atoms with van der Waals surface area (Å²) >= 11 is 1.13. The number of likely N-dealkylation sites (N-methyl/N-ethyl adjacent to an activating group) is 1. The minimum Gasteiger partial charge on any atom is -0.428 e. The average Bonchev–Trinajstić information content (AvgIpc) is 3.24. The third kappa shape index (κ3) is 8.33. The quantitative estimate of drug-likeness (QED) is 0.239. The fourth-order valence-corrected chi connectivity index (χ4v) is 5.85. The van der Waals surface area contributed by atoms with Crippen molar-refractivity contribution in [1.29, 1.82) is 0 Å². The van der Waals surface area contributed by atoms with Crippen molar-refractivity contribution < 1.29 is 28.7 Å². The normalized spacial score (nSPS) is 21.8. The van der Waals surface area contributed by atoms with Crippen molar-refractivity contribution in [2.24, 2.45) is 23.2 Å². The lowest BCUT2D eigenvalue weighted by molar-refractivity contribution is -0.155. The molecule has 3 rings (SSSR count). The third-order valence-electron chi connectivity index (χ3n) is 7.38. The molecule has 0 unspecified atom stereocenters. The summed E-state index contributed by atoms with van der Waals surface area (Å²) < 4.78 is 10.4. The third-order valence-corrected chi connectivity index (χ3v) is 8.40. The summed E-state index contributed by atoms with van der Waals surface area (Å²) in [5, 5.41) is 0. The van der Waals surface area contributed by atoms with Crippen LogP contribution < -0.4 is 4.90 Å². The van der Waals surface area contributed by atoms with Crippen LogP contribution in [0.4, 0.5) is 5.69 Å². The first-order valence-electron chi connectivity index (χ1n) is 14.4. The van der Waals surface area contributed by atoms with Crippen molar-refractivity contribution in [3.63, 3.8) is 0 Å². The molecule has 220 valence electrons. The second-order valence-corrected chi connectivity index (χ2v) is 13.5. The Morgan fingerprint density at radius 3 is 2.40 bits per heavy atom. The lowest BCUT2D eigenvalue weighted by Crippen LogP contribution is -2.52. The molecule has 0 aromatic carbocycles. The number of anilines is 1. The number of likely N-dealkylation sites (tertiary alicyclic amines) is 1. The van der Waals surface area contributed by atoms with Gasteiger partial charge in [0.1, 0.15) is 10.9 Å². The number of hydrogen-bond acceptors (Lipinski definition) is 7. The van der Waals surface area contributed by atoms with Crippen LogP contribution in [-0.2, 0) is 23.9 Å². The van der Waals surface area contributed by atoms with Gasteiger partial charge in [-0.1, -0.05) is 32.6 Å². The van der Waals surface area contributed by atoms with E-state index in [0.29, 0.717) is 29.4 Å². The Labute approximate surface area is 242 Å². The van der Waals surface area contributed by atoms with Gasteiger partial charge in [0.25, 0.3) is 0 Å². The highest BCUT2D eigenvalue weighted by atomic mass is 32.1. The Balaban J connectivity index is 2.07. The second-order valence-electron chi connectivity index (χ2n) is 12.4. The molecule has 9 heteroatoms. The van der Waals surface area contributed by atoms with Crippen molar-refractivity contribution in [1.82, 2.24) is 4.90 Å². The number of esters is 2. The Morgan fingerprint density at radius 2 is 1.77 bits per heavy atom. The van der Waals surface area contributed by atoms with Crippen molar-refractivity contribution >= 4 is 40.8 Å². The van der Waals surface area contributed by atoms with Crippen molar-refractivity contribution in [2.45, 2.75) is 92.5 Å². The first kappa shape index (κ1) is 31.7. The summed E-state index contributed by atoms with van der Waals surface area (Å²) in [6.45, 7) is 11.7. The van der Waals surface area contributed by atoms with E-state index in [-0.39, 0.29) is 33.9 Å². The molecule has 0 bridgehead atoms. The van der Waals surface area contributed by atoms with E-state index in [9.17, 15) is 19.2 Å². The number of carbonyl (C=O) groups excluding carboxylic acids is 4. The minimum absolute atomic E-state index is 0.131. The van der Waals surface area contributed by atoms with Gasteiger partial charge in [-0.05, 0) is 77.7 Å². The number of thiophene rings is 1. The molecule has 2 amide bonds. The maximum absolute atomic E-state index is 14.3. The van der Waals surface area contributed by atoms with Crippen LogP contribution in [-0.4, -0.2) is 55.1 Å². The zero-order valence-corrected chi connectivity index (χ0v) is 25.8. The van der Waals surface area contributed by atoms with Crippen molar-refractivity contribution in [3.8, 4) is 11.8 Å².